The van der Waals surface area contributed by atoms with Gasteiger partial charge in [-0.3, -0.25) is 4.79 Å². The zero-order valence-corrected chi connectivity index (χ0v) is 11.1. The lowest BCUT2D eigenvalue weighted by atomic mass is 10.1. The summed E-state index contributed by atoms with van der Waals surface area (Å²) in [5.74, 6) is -1.38. The van der Waals surface area contributed by atoms with Gasteiger partial charge in [0.15, 0.2) is 0 Å². The normalized spacial score (nSPS) is 11.9. The molecule has 0 aliphatic heterocycles. The van der Waals surface area contributed by atoms with Crippen molar-refractivity contribution in [2.24, 2.45) is 5.73 Å². The fourth-order valence-corrected chi connectivity index (χ4v) is 1.70. The Bertz CT molecular complexity index is 429. The molecule has 1 unspecified atom stereocenters. The van der Waals surface area contributed by atoms with E-state index in [1.807, 2.05) is 19.1 Å². The first-order valence-electron chi connectivity index (χ1n) is 6.35. The van der Waals surface area contributed by atoms with Crippen LogP contribution in [0.2, 0.25) is 0 Å². The van der Waals surface area contributed by atoms with Crippen molar-refractivity contribution in [2.45, 2.75) is 32.2 Å². The number of nitrogens with one attached hydrogen (secondary N) is 1. The number of carbonyl (C=O) groups is 2. The largest absolute Gasteiger partial charge is 0.480 e. The van der Waals surface area contributed by atoms with E-state index in [4.69, 9.17) is 10.8 Å². The monoisotopic (exact) mass is 264 g/mol. The number of carboxylic acid groups (broad SMARTS) is 1. The van der Waals surface area contributed by atoms with Gasteiger partial charge in [-0.25, -0.2) is 4.79 Å². The lowest BCUT2D eigenvalue weighted by molar-refractivity contribution is -0.139. The molecule has 0 fully saturated rings. The van der Waals surface area contributed by atoms with Crippen molar-refractivity contribution < 1.29 is 14.7 Å². The number of rotatable bonds is 7. The summed E-state index contributed by atoms with van der Waals surface area (Å²) in [5.41, 5.74) is 6.88. The van der Waals surface area contributed by atoms with Crippen molar-refractivity contribution in [2.75, 3.05) is 6.54 Å². The minimum absolute atomic E-state index is 0.361. The van der Waals surface area contributed by atoms with Crippen molar-refractivity contribution >= 4 is 11.9 Å². The molecule has 1 atom stereocenters. The minimum Gasteiger partial charge on any atom is -0.480 e. The van der Waals surface area contributed by atoms with E-state index in [0.717, 1.165) is 12.0 Å². The first-order valence-corrected chi connectivity index (χ1v) is 6.35. The van der Waals surface area contributed by atoms with Crippen molar-refractivity contribution in [3.8, 4) is 0 Å². The van der Waals surface area contributed by atoms with E-state index in [-0.39, 0.29) is 5.91 Å². The van der Waals surface area contributed by atoms with E-state index >= 15 is 0 Å². The van der Waals surface area contributed by atoms with Gasteiger partial charge < -0.3 is 16.2 Å². The Balaban J connectivity index is 2.60. The highest BCUT2D eigenvalue weighted by molar-refractivity contribution is 5.96. The zero-order valence-electron chi connectivity index (χ0n) is 11.1. The topological polar surface area (TPSA) is 92.4 Å². The Morgan fingerprint density at radius 2 is 1.89 bits per heavy atom. The highest BCUT2D eigenvalue weighted by atomic mass is 16.4. The molecule has 1 amide bonds. The number of amides is 1. The Labute approximate surface area is 112 Å². The second-order valence-corrected chi connectivity index (χ2v) is 4.51. The first kappa shape index (κ1) is 15.2. The standard InChI is InChI=1S/C14H20N2O3/c1-10-5-7-11(8-6-10)13(17)16-12(14(18)19)4-2-3-9-15/h5-8,12H,2-4,9,15H2,1H3,(H,16,17)(H,18,19). The molecule has 5 nitrogen and oxygen atoms in total. The summed E-state index contributed by atoms with van der Waals surface area (Å²) >= 11 is 0. The number of benzene rings is 1. The van der Waals surface area contributed by atoms with Crippen LogP contribution < -0.4 is 11.1 Å². The molecule has 1 aromatic carbocycles. The SMILES string of the molecule is Cc1ccc(C(=O)NC(CCCCN)C(=O)O)cc1. The predicted molar refractivity (Wildman–Crippen MR) is 73.0 cm³/mol. The molecule has 0 aromatic heterocycles. The number of aryl methyl sites for hydroxylation is 1. The molecule has 0 spiro atoms. The smallest absolute Gasteiger partial charge is 0.326 e. The molecule has 0 heterocycles. The van der Waals surface area contributed by atoms with Crippen molar-refractivity contribution in [3.63, 3.8) is 0 Å². The second-order valence-electron chi connectivity index (χ2n) is 4.51. The quantitative estimate of drug-likeness (QED) is 0.647. The first-order chi connectivity index (χ1) is 9.04. The molecule has 0 bridgehead atoms. The molecule has 0 aliphatic rings. The van der Waals surface area contributed by atoms with E-state index in [2.05, 4.69) is 5.32 Å². The minimum atomic E-state index is -1.02. The maximum Gasteiger partial charge on any atom is 0.326 e. The summed E-state index contributed by atoms with van der Waals surface area (Å²) in [4.78, 5) is 23.0. The summed E-state index contributed by atoms with van der Waals surface area (Å²) in [6.07, 6.45) is 1.83. The van der Waals surface area contributed by atoms with E-state index in [1.165, 1.54) is 0 Å². The van der Waals surface area contributed by atoms with Crippen LogP contribution in [-0.4, -0.2) is 29.6 Å². The fraction of sp³-hybridized carbons (Fsp3) is 0.429. The molecular weight excluding hydrogens is 244 g/mol. The fourth-order valence-electron chi connectivity index (χ4n) is 1.70. The van der Waals surface area contributed by atoms with Crippen LogP contribution in [0.1, 0.15) is 35.2 Å². The molecule has 0 saturated heterocycles. The number of hydrogen-bond acceptors (Lipinski definition) is 3. The van der Waals surface area contributed by atoms with Crippen LogP contribution in [0.4, 0.5) is 0 Å². The van der Waals surface area contributed by atoms with E-state index in [0.29, 0.717) is 24.9 Å². The van der Waals surface area contributed by atoms with Gasteiger partial charge in [-0.1, -0.05) is 17.7 Å². The summed E-state index contributed by atoms with van der Waals surface area (Å²) in [6.45, 7) is 2.45. The third-order valence-corrected chi connectivity index (χ3v) is 2.86. The number of nitrogens with two attached hydrogens (primary N) is 1. The molecule has 0 aliphatic carbocycles. The molecule has 0 saturated carbocycles. The molecule has 104 valence electrons. The second kappa shape index (κ2) is 7.53. The van der Waals surface area contributed by atoms with Crippen LogP contribution in [0.25, 0.3) is 0 Å². The maximum atomic E-state index is 11.9. The van der Waals surface area contributed by atoms with Crippen LogP contribution >= 0.6 is 0 Å². The van der Waals surface area contributed by atoms with Crippen LogP contribution in [-0.2, 0) is 4.79 Å². The number of aliphatic carboxylic acids is 1. The van der Waals surface area contributed by atoms with Gasteiger partial charge in [-0.2, -0.15) is 0 Å². The Morgan fingerprint density at radius 1 is 1.26 bits per heavy atom. The van der Waals surface area contributed by atoms with Gasteiger partial charge >= 0.3 is 5.97 Å². The van der Waals surface area contributed by atoms with Gasteiger partial charge in [0.2, 0.25) is 0 Å². The summed E-state index contributed by atoms with van der Waals surface area (Å²) in [5, 5.41) is 11.6. The Hall–Kier alpha value is -1.88. The van der Waals surface area contributed by atoms with Crippen LogP contribution in [0.5, 0.6) is 0 Å². The summed E-state index contributed by atoms with van der Waals surface area (Å²) in [6, 6.07) is 6.14. The van der Waals surface area contributed by atoms with E-state index in [1.54, 1.807) is 12.1 Å². The van der Waals surface area contributed by atoms with Gasteiger partial charge in [-0.05, 0) is 44.9 Å². The Morgan fingerprint density at radius 3 is 2.42 bits per heavy atom. The van der Waals surface area contributed by atoms with E-state index < -0.39 is 12.0 Å². The lowest BCUT2D eigenvalue weighted by Crippen LogP contribution is -2.40. The van der Waals surface area contributed by atoms with Gasteiger partial charge in [0.25, 0.3) is 5.91 Å². The third kappa shape index (κ3) is 5.09. The average molecular weight is 264 g/mol. The lowest BCUT2D eigenvalue weighted by Gasteiger charge is -2.14. The van der Waals surface area contributed by atoms with E-state index in [9.17, 15) is 9.59 Å². The summed E-state index contributed by atoms with van der Waals surface area (Å²) in [7, 11) is 0. The third-order valence-electron chi connectivity index (χ3n) is 2.86. The number of hydrogen-bond donors (Lipinski definition) is 3. The van der Waals surface area contributed by atoms with Crippen molar-refractivity contribution in [3.05, 3.63) is 35.4 Å². The molecular formula is C14H20N2O3. The molecule has 0 radical (unpaired) electrons. The summed E-state index contributed by atoms with van der Waals surface area (Å²) < 4.78 is 0. The predicted octanol–water partition coefficient (Wildman–Crippen LogP) is 1.31. The highest BCUT2D eigenvalue weighted by Gasteiger charge is 2.19. The number of carbonyl (C=O) groups excluding carboxylic acids is 1. The van der Waals surface area contributed by atoms with Crippen LogP contribution in [0, 0.1) is 6.92 Å². The number of carboxylic acids is 1. The molecule has 5 heteroatoms. The highest BCUT2D eigenvalue weighted by Crippen LogP contribution is 2.06. The number of unbranched alkanes of at least 4 members (excludes halogenated alkanes) is 1. The van der Waals surface area contributed by atoms with Gasteiger partial charge in [0.1, 0.15) is 6.04 Å². The molecule has 4 N–H and O–H groups in total. The Kier molecular flexibility index (Phi) is 6.02. The maximum absolute atomic E-state index is 11.9. The van der Waals surface area contributed by atoms with Gasteiger partial charge in [0, 0.05) is 5.56 Å². The van der Waals surface area contributed by atoms with Crippen LogP contribution in [0.3, 0.4) is 0 Å². The van der Waals surface area contributed by atoms with Gasteiger partial charge in [-0.15, -0.1) is 0 Å². The zero-order chi connectivity index (χ0) is 14.3. The van der Waals surface area contributed by atoms with Crippen molar-refractivity contribution in [1.82, 2.24) is 5.32 Å². The van der Waals surface area contributed by atoms with Crippen LogP contribution in [0.15, 0.2) is 24.3 Å². The molecule has 19 heavy (non-hydrogen) atoms. The average Bonchev–Trinajstić information content (AvgIpc) is 2.38. The molecule has 1 aromatic rings. The van der Waals surface area contributed by atoms with Crippen molar-refractivity contribution in [1.29, 1.82) is 0 Å². The van der Waals surface area contributed by atoms with Gasteiger partial charge in [0.05, 0.1) is 0 Å². The molecule has 1 rings (SSSR count).